The van der Waals surface area contributed by atoms with Crippen molar-refractivity contribution >= 4 is 27.6 Å². The van der Waals surface area contributed by atoms with Crippen LogP contribution in [0.15, 0.2) is 53.4 Å². The zero-order valence-corrected chi connectivity index (χ0v) is 15.6. The molecule has 0 unspecified atom stereocenters. The van der Waals surface area contributed by atoms with E-state index in [2.05, 4.69) is 5.32 Å². The van der Waals surface area contributed by atoms with Gasteiger partial charge in [-0.15, -0.1) is 0 Å². The molecule has 2 atom stereocenters. The van der Waals surface area contributed by atoms with Crippen molar-refractivity contribution in [1.29, 1.82) is 0 Å². The molecule has 0 radical (unpaired) electrons. The highest BCUT2D eigenvalue weighted by Gasteiger charge is 2.31. The lowest BCUT2D eigenvalue weighted by atomic mass is 10.2. The van der Waals surface area contributed by atoms with Crippen LogP contribution in [0.3, 0.4) is 0 Å². The standard InChI is InChI=1S/C18H18N2O7S/c1-11(17(21)20-12-5-4-6-13(9-12)28(19,23)24)26-18(22)16-10-25-14-7-2-3-8-15(14)27-16/h2-9,11,16H,10H2,1H3,(H,20,21)(H2,19,23,24)/t11-,16-/m1/s1. The number of benzene rings is 2. The molecule has 1 aliphatic rings. The second-order valence-corrected chi connectivity index (χ2v) is 7.57. The lowest BCUT2D eigenvalue weighted by Crippen LogP contribution is -2.41. The van der Waals surface area contributed by atoms with Crippen molar-refractivity contribution in [3.8, 4) is 11.5 Å². The van der Waals surface area contributed by atoms with Gasteiger partial charge in [-0.1, -0.05) is 18.2 Å². The highest BCUT2D eigenvalue weighted by atomic mass is 32.2. The molecule has 0 bridgehead atoms. The van der Waals surface area contributed by atoms with E-state index in [1.54, 1.807) is 24.3 Å². The van der Waals surface area contributed by atoms with Crippen LogP contribution < -0.4 is 19.9 Å². The third-order valence-corrected chi connectivity index (χ3v) is 4.77. The first-order chi connectivity index (χ1) is 13.2. The van der Waals surface area contributed by atoms with Gasteiger partial charge in [-0.2, -0.15) is 0 Å². The van der Waals surface area contributed by atoms with Gasteiger partial charge in [0.25, 0.3) is 5.91 Å². The molecule has 0 spiro atoms. The number of esters is 1. The molecule has 0 aliphatic carbocycles. The number of nitrogens with one attached hydrogen (secondary N) is 1. The van der Waals surface area contributed by atoms with Crippen LogP contribution in [0.5, 0.6) is 11.5 Å². The van der Waals surface area contributed by atoms with Crippen molar-refractivity contribution in [2.24, 2.45) is 5.14 Å². The van der Waals surface area contributed by atoms with Crippen molar-refractivity contribution in [3.05, 3.63) is 48.5 Å². The zero-order chi connectivity index (χ0) is 20.3. The number of primary sulfonamides is 1. The quantitative estimate of drug-likeness (QED) is 0.709. The van der Waals surface area contributed by atoms with E-state index in [9.17, 15) is 18.0 Å². The van der Waals surface area contributed by atoms with E-state index in [0.717, 1.165) is 0 Å². The predicted molar refractivity (Wildman–Crippen MR) is 98.4 cm³/mol. The van der Waals surface area contributed by atoms with Crippen LogP contribution in [0, 0.1) is 0 Å². The molecular weight excluding hydrogens is 388 g/mol. The molecule has 0 fully saturated rings. The van der Waals surface area contributed by atoms with Gasteiger partial charge in [0, 0.05) is 5.69 Å². The Morgan fingerprint density at radius 1 is 1.18 bits per heavy atom. The van der Waals surface area contributed by atoms with Gasteiger partial charge >= 0.3 is 5.97 Å². The van der Waals surface area contributed by atoms with Crippen molar-refractivity contribution < 1.29 is 32.2 Å². The molecule has 9 nitrogen and oxygen atoms in total. The van der Waals surface area contributed by atoms with Crippen LogP contribution in [0.4, 0.5) is 5.69 Å². The van der Waals surface area contributed by atoms with E-state index in [4.69, 9.17) is 19.3 Å². The summed E-state index contributed by atoms with van der Waals surface area (Å²) in [5.41, 5.74) is 0.200. The fraction of sp³-hybridized carbons (Fsp3) is 0.222. The number of rotatable bonds is 5. The first kappa shape index (κ1) is 19.6. The second-order valence-electron chi connectivity index (χ2n) is 6.01. The van der Waals surface area contributed by atoms with Crippen molar-refractivity contribution in [3.63, 3.8) is 0 Å². The monoisotopic (exact) mass is 406 g/mol. The second kappa shape index (κ2) is 7.87. The zero-order valence-electron chi connectivity index (χ0n) is 14.8. The minimum atomic E-state index is -3.91. The van der Waals surface area contributed by atoms with E-state index < -0.39 is 34.1 Å². The summed E-state index contributed by atoms with van der Waals surface area (Å²) in [6.45, 7) is 1.34. The van der Waals surface area contributed by atoms with Crippen molar-refractivity contribution in [1.82, 2.24) is 0 Å². The van der Waals surface area contributed by atoms with Gasteiger partial charge in [0.05, 0.1) is 4.90 Å². The van der Waals surface area contributed by atoms with Crippen LogP contribution in [0.25, 0.3) is 0 Å². The van der Waals surface area contributed by atoms with Crippen LogP contribution in [0.2, 0.25) is 0 Å². The Labute approximate surface area is 161 Å². The Balaban J connectivity index is 1.59. The number of amides is 1. The molecule has 2 aromatic rings. The number of fused-ring (bicyclic) bond motifs is 1. The van der Waals surface area contributed by atoms with E-state index in [1.807, 2.05) is 0 Å². The molecule has 3 rings (SSSR count). The predicted octanol–water partition coefficient (Wildman–Crippen LogP) is 1.04. The maximum Gasteiger partial charge on any atom is 0.351 e. The number of carbonyl (C=O) groups excluding carboxylic acids is 2. The van der Waals surface area contributed by atoms with E-state index >= 15 is 0 Å². The number of carbonyl (C=O) groups is 2. The minimum absolute atomic E-state index is 0.0411. The fourth-order valence-corrected chi connectivity index (χ4v) is 2.99. The number of para-hydroxylation sites is 2. The molecule has 0 saturated carbocycles. The van der Waals surface area contributed by atoms with Crippen LogP contribution in [-0.2, 0) is 24.3 Å². The summed E-state index contributed by atoms with van der Waals surface area (Å²) in [7, 11) is -3.91. The smallest absolute Gasteiger partial charge is 0.351 e. The van der Waals surface area contributed by atoms with Crippen molar-refractivity contribution in [2.45, 2.75) is 24.0 Å². The Bertz CT molecular complexity index is 1010. The maximum absolute atomic E-state index is 12.3. The first-order valence-electron chi connectivity index (χ1n) is 8.27. The van der Waals surface area contributed by atoms with Crippen molar-refractivity contribution in [2.75, 3.05) is 11.9 Å². The molecular formula is C18H18N2O7S. The summed E-state index contributed by atoms with van der Waals surface area (Å²) in [5.74, 6) is -0.466. The Morgan fingerprint density at radius 2 is 1.89 bits per heavy atom. The van der Waals surface area contributed by atoms with Crippen LogP contribution >= 0.6 is 0 Å². The fourth-order valence-electron chi connectivity index (χ4n) is 2.43. The summed E-state index contributed by atoms with van der Waals surface area (Å²) in [4.78, 5) is 24.4. The molecule has 0 aromatic heterocycles. The molecule has 148 valence electrons. The molecule has 0 saturated heterocycles. The highest BCUT2D eigenvalue weighted by molar-refractivity contribution is 7.89. The Morgan fingerprint density at radius 3 is 2.61 bits per heavy atom. The summed E-state index contributed by atoms with van der Waals surface area (Å²) >= 11 is 0. The Kier molecular flexibility index (Phi) is 5.52. The molecule has 28 heavy (non-hydrogen) atoms. The third kappa shape index (κ3) is 4.59. The summed E-state index contributed by atoms with van der Waals surface area (Å²) in [6.07, 6.45) is -2.15. The lowest BCUT2D eigenvalue weighted by Gasteiger charge is -2.25. The normalized spacial score (nSPS) is 16.7. The molecule has 1 heterocycles. The number of sulfonamides is 1. The minimum Gasteiger partial charge on any atom is -0.485 e. The maximum atomic E-state index is 12.3. The number of ether oxygens (including phenoxy) is 3. The summed E-state index contributed by atoms with van der Waals surface area (Å²) < 4.78 is 38.9. The van der Waals surface area contributed by atoms with Gasteiger partial charge in [0.2, 0.25) is 16.1 Å². The summed E-state index contributed by atoms with van der Waals surface area (Å²) in [6, 6.07) is 12.3. The average molecular weight is 406 g/mol. The Hall–Kier alpha value is -3.11. The van der Waals surface area contributed by atoms with Gasteiger partial charge in [0.1, 0.15) is 6.61 Å². The third-order valence-electron chi connectivity index (χ3n) is 3.86. The highest BCUT2D eigenvalue weighted by Crippen LogP contribution is 2.31. The number of hydrogen-bond donors (Lipinski definition) is 2. The van der Waals surface area contributed by atoms with Gasteiger partial charge in [-0.3, -0.25) is 4.79 Å². The van der Waals surface area contributed by atoms with Gasteiger partial charge < -0.3 is 19.5 Å². The average Bonchev–Trinajstić information content (AvgIpc) is 2.67. The topological polar surface area (TPSA) is 134 Å². The van der Waals surface area contributed by atoms with Gasteiger partial charge in [-0.25, -0.2) is 18.4 Å². The van der Waals surface area contributed by atoms with Gasteiger partial charge in [-0.05, 0) is 37.3 Å². The van der Waals surface area contributed by atoms with Crippen LogP contribution in [-0.4, -0.2) is 39.1 Å². The van der Waals surface area contributed by atoms with E-state index in [-0.39, 0.29) is 17.2 Å². The van der Waals surface area contributed by atoms with E-state index in [1.165, 1.54) is 31.2 Å². The lowest BCUT2D eigenvalue weighted by molar-refractivity contribution is -0.162. The van der Waals surface area contributed by atoms with Crippen LogP contribution in [0.1, 0.15) is 6.92 Å². The molecule has 10 heteroatoms. The molecule has 1 amide bonds. The van der Waals surface area contributed by atoms with E-state index in [0.29, 0.717) is 11.5 Å². The number of anilines is 1. The molecule has 3 N–H and O–H groups in total. The summed E-state index contributed by atoms with van der Waals surface area (Å²) in [5, 5.41) is 7.53. The van der Waals surface area contributed by atoms with Gasteiger partial charge in [0.15, 0.2) is 17.6 Å². The number of hydrogen-bond acceptors (Lipinski definition) is 7. The molecule has 1 aliphatic heterocycles. The number of nitrogens with two attached hydrogens (primary N) is 1. The molecule has 2 aromatic carbocycles. The first-order valence-corrected chi connectivity index (χ1v) is 9.81. The largest absolute Gasteiger partial charge is 0.485 e. The SMILES string of the molecule is C[C@@H](OC(=O)[C@H]1COc2ccccc2O1)C(=O)Nc1cccc(S(N)(=O)=O)c1.